The first-order chi connectivity index (χ1) is 8.84. The maximum Gasteiger partial charge on any atom is 0.0798 e. The standard InChI is InChI=1S/C14H13N3S/c1-10-14(18-9-17-10)8-16-13-6-2-5-12-11(13)4-3-7-15-12/h2-7,9,16H,8H2,1H3. The fraction of sp³-hybridized carbons (Fsp3) is 0.143. The van der Waals surface area contributed by atoms with Crippen molar-refractivity contribution >= 4 is 27.9 Å². The van der Waals surface area contributed by atoms with Crippen LogP contribution in [0.2, 0.25) is 0 Å². The molecule has 2 heterocycles. The Labute approximate surface area is 110 Å². The Morgan fingerprint density at radius 2 is 2.11 bits per heavy atom. The van der Waals surface area contributed by atoms with Gasteiger partial charge in [-0.3, -0.25) is 4.98 Å². The van der Waals surface area contributed by atoms with Crippen LogP contribution in [0.25, 0.3) is 10.9 Å². The molecule has 0 unspecified atom stereocenters. The molecular formula is C14H13N3S. The van der Waals surface area contributed by atoms with Crippen molar-refractivity contribution in [3.8, 4) is 0 Å². The van der Waals surface area contributed by atoms with Gasteiger partial charge in [-0.25, -0.2) is 4.98 Å². The molecule has 90 valence electrons. The first kappa shape index (κ1) is 11.2. The van der Waals surface area contributed by atoms with Gasteiger partial charge in [0.05, 0.1) is 23.3 Å². The lowest BCUT2D eigenvalue weighted by atomic mass is 10.2. The van der Waals surface area contributed by atoms with E-state index in [0.29, 0.717) is 0 Å². The van der Waals surface area contributed by atoms with E-state index in [9.17, 15) is 0 Å². The number of benzene rings is 1. The fourth-order valence-corrected chi connectivity index (χ4v) is 2.65. The largest absolute Gasteiger partial charge is 0.380 e. The minimum atomic E-state index is 0.810. The topological polar surface area (TPSA) is 37.8 Å². The number of thiazole rings is 1. The first-order valence-electron chi connectivity index (χ1n) is 5.81. The summed E-state index contributed by atoms with van der Waals surface area (Å²) >= 11 is 1.68. The highest BCUT2D eigenvalue weighted by Crippen LogP contribution is 2.23. The molecule has 0 saturated carbocycles. The summed E-state index contributed by atoms with van der Waals surface area (Å²) in [5, 5.41) is 4.62. The van der Waals surface area contributed by atoms with Gasteiger partial charge in [-0.15, -0.1) is 11.3 Å². The van der Waals surface area contributed by atoms with Gasteiger partial charge in [0.25, 0.3) is 0 Å². The highest BCUT2D eigenvalue weighted by Gasteiger charge is 2.03. The van der Waals surface area contributed by atoms with Crippen LogP contribution >= 0.6 is 11.3 Å². The molecule has 0 amide bonds. The number of aromatic nitrogens is 2. The number of rotatable bonds is 3. The van der Waals surface area contributed by atoms with Gasteiger partial charge < -0.3 is 5.32 Å². The number of anilines is 1. The Bertz CT molecular complexity index is 670. The second-order valence-corrected chi connectivity index (χ2v) is 5.03. The lowest BCUT2D eigenvalue weighted by Crippen LogP contribution is -1.99. The highest BCUT2D eigenvalue weighted by molar-refractivity contribution is 7.09. The van der Waals surface area contributed by atoms with Gasteiger partial charge in [0, 0.05) is 22.1 Å². The monoisotopic (exact) mass is 255 g/mol. The van der Waals surface area contributed by atoms with Gasteiger partial charge in [-0.2, -0.15) is 0 Å². The summed E-state index contributed by atoms with van der Waals surface area (Å²) in [5.74, 6) is 0. The molecule has 0 spiro atoms. The van der Waals surface area contributed by atoms with E-state index in [2.05, 4.69) is 27.4 Å². The SMILES string of the molecule is Cc1ncsc1CNc1cccc2ncccc12. The molecule has 3 aromatic rings. The van der Waals surface area contributed by atoms with Gasteiger partial charge in [0.1, 0.15) is 0 Å². The maximum atomic E-state index is 4.35. The van der Waals surface area contributed by atoms with Crippen molar-refractivity contribution in [1.29, 1.82) is 0 Å². The summed E-state index contributed by atoms with van der Waals surface area (Å²) in [6, 6.07) is 10.2. The van der Waals surface area contributed by atoms with Crippen molar-refractivity contribution in [3.63, 3.8) is 0 Å². The van der Waals surface area contributed by atoms with Crippen molar-refractivity contribution in [1.82, 2.24) is 9.97 Å². The molecule has 0 aliphatic carbocycles. The summed E-state index contributed by atoms with van der Waals surface area (Å²) in [5.41, 5.74) is 5.12. The van der Waals surface area contributed by atoms with Gasteiger partial charge in [-0.1, -0.05) is 6.07 Å². The van der Waals surface area contributed by atoms with Crippen molar-refractivity contribution in [3.05, 3.63) is 52.6 Å². The average molecular weight is 255 g/mol. The minimum Gasteiger partial charge on any atom is -0.380 e. The number of hydrogen-bond acceptors (Lipinski definition) is 4. The summed E-state index contributed by atoms with van der Waals surface area (Å²) in [6.45, 7) is 2.85. The van der Waals surface area contributed by atoms with Gasteiger partial charge >= 0.3 is 0 Å². The Morgan fingerprint density at radius 1 is 1.17 bits per heavy atom. The van der Waals surface area contributed by atoms with Crippen LogP contribution in [-0.2, 0) is 6.54 Å². The second kappa shape index (κ2) is 4.74. The quantitative estimate of drug-likeness (QED) is 0.777. The van der Waals surface area contributed by atoms with Crippen LogP contribution in [0.4, 0.5) is 5.69 Å². The van der Waals surface area contributed by atoms with Crippen molar-refractivity contribution in [2.75, 3.05) is 5.32 Å². The lowest BCUT2D eigenvalue weighted by molar-refractivity contribution is 1.12. The van der Waals surface area contributed by atoms with E-state index in [1.165, 1.54) is 4.88 Å². The normalized spacial score (nSPS) is 10.7. The van der Waals surface area contributed by atoms with Crippen molar-refractivity contribution in [2.24, 2.45) is 0 Å². The van der Waals surface area contributed by atoms with Gasteiger partial charge in [0.15, 0.2) is 0 Å². The lowest BCUT2D eigenvalue weighted by Gasteiger charge is -2.08. The molecule has 0 radical (unpaired) electrons. The number of nitrogens with one attached hydrogen (secondary N) is 1. The summed E-state index contributed by atoms with van der Waals surface area (Å²) in [7, 11) is 0. The van der Waals surface area contributed by atoms with Crippen molar-refractivity contribution < 1.29 is 0 Å². The number of fused-ring (bicyclic) bond motifs is 1. The summed E-state index contributed by atoms with van der Waals surface area (Å²) < 4.78 is 0. The zero-order valence-electron chi connectivity index (χ0n) is 10.1. The molecule has 0 bridgehead atoms. The fourth-order valence-electron chi connectivity index (χ4n) is 1.93. The smallest absolute Gasteiger partial charge is 0.0798 e. The van der Waals surface area contributed by atoms with E-state index in [0.717, 1.165) is 28.8 Å². The van der Waals surface area contributed by atoms with E-state index in [1.54, 1.807) is 11.3 Å². The first-order valence-corrected chi connectivity index (χ1v) is 6.69. The average Bonchev–Trinajstić information content (AvgIpc) is 2.82. The Kier molecular flexibility index (Phi) is 2.94. The van der Waals surface area contributed by atoms with Crippen LogP contribution in [0.5, 0.6) is 0 Å². The molecule has 0 aliphatic heterocycles. The summed E-state index contributed by atoms with van der Waals surface area (Å²) in [6.07, 6.45) is 1.82. The molecule has 18 heavy (non-hydrogen) atoms. The van der Waals surface area contributed by atoms with E-state index in [4.69, 9.17) is 0 Å². The molecule has 0 fully saturated rings. The number of aryl methyl sites for hydroxylation is 1. The highest BCUT2D eigenvalue weighted by atomic mass is 32.1. The minimum absolute atomic E-state index is 0.810. The summed E-state index contributed by atoms with van der Waals surface area (Å²) in [4.78, 5) is 9.89. The predicted molar refractivity (Wildman–Crippen MR) is 75.9 cm³/mol. The Morgan fingerprint density at radius 3 is 2.94 bits per heavy atom. The zero-order valence-corrected chi connectivity index (χ0v) is 10.9. The number of hydrogen-bond donors (Lipinski definition) is 1. The van der Waals surface area contributed by atoms with E-state index in [-0.39, 0.29) is 0 Å². The predicted octanol–water partition coefficient (Wildman–Crippen LogP) is 3.61. The van der Waals surface area contributed by atoms with Crippen LogP contribution in [-0.4, -0.2) is 9.97 Å². The van der Waals surface area contributed by atoms with Gasteiger partial charge in [0.2, 0.25) is 0 Å². The third-order valence-electron chi connectivity index (χ3n) is 2.93. The third-order valence-corrected chi connectivity index (χ3v) is 3.87. The van der Waals surface area contributed by atoms with Crippen LogP contribution in [0.3, 0.4) is 0 Å². The molecule has 1 N–H and O–H groups in total. The van der Waals surface area contributed by atoms with E-state index in [1.807, 2.05) is 36.8 Å². The van der Waals surface area contributed by atoms with Crippen molar-refractivity contribution in [2.45, 2.75) is 13.5 Å². The molecule has 3 nitrogen and oxygen atoms in total. The van der Waals surface area contributed by atoms with E-state index >= 15 is 0 Å². The Hall–Kier alpha value is -1.94. The second-order valence-electron chi connectivity index (χ2n) is 4.09. The number of nitrogens with zero attached hydrogens (tertiary/aromatic N) is 2. The van der Waals surface area contributed by atoms with Crippen LogP contribution in [0.1, 0.15) is 10.6 Å². The Balaban J connectivity index is 1.89. The molecule has 4 heteroatoms. The molecule has 1 aromatic carbocycles. The molecule has 0 atom stereocenters. The van der Waals surface area contributed by atoms with Crippen LogP contribution < -0.4 is 5.32 Å². The molecule has 0 aliphatic rings. The third kappa shape index (κ3) is 2.07. The van der Waals surface area contributed by atoms with Gasteiger partial charge in [-0.05, 0) is 31.2 Å². The maximum absolute atomic E-state index is 4.35. The van der Waals surface area contributed by atoms with E-state index < -0.39 is 0 Å². The molecular weight excluding hydrogens is 242 g/mol. The van der Waals surface area contributed by atoms with Crippen LogP contribution in [0, 0.1) is 6.92 Å². The molecule has 3 rings (SSSR count). The molecule has 0 saturated heterocycles. The molecule has 2 aromatic heterocycles. The zero-order chi connectivity index (χ0) is 12.4. The number of pyridine rings is 1. The van der Waals surface area contributed by atoms with Crippen LogP contribution in [0.15, 0.2) is 42.0 Å².